The number of amides is 1. The van der Waals surface area contributed by atoms with Crippen molar-refractivity contribution in [1.82, 2.24) is 4.90 Å². The summed E-state index contributed by atoms with van der Waals surface area (Å²) in [6, 6.07) is -1.11. The van der Waals surface area contributed by atoms with E-state index in [-0.39, 0.29) is 49.4 Å². The van der Waals surface area contributed by atoms with Gasteiger partial charge in [0, 0.05) is 59.2 Å². The van der Waals surface area contributed by atoms with Gasteiger partial charge in [-0.15, -0.1) is 0 Å². The van der Waals surface area contributed by atoms with Gasteiger partial charge in [0.05, 0.1) is 24.4 Å². The van der Waals surface area contributed by atoms with E-state index in [1.807, 2.05) is 51.2 Å². The van der Waals surface area contributed by atoms with E-state index >= 15 is 0 Å². The molecule has 2 heterocycles. The van der Waals surface area contributed by atoms with Crippen LogP contribution in [0.4, 0.5) is 0 Å². The van der Waals surface area contributed by atoms with Crippen LogP contribution in [-0.2, 0) is 56.7 Å². The zero-order valence-corrected chi connectivity index (χ0v) is 43.3. The Morgan fingerprint density at radius 2 is 1.61 bits per heavy atom. The number of methoxy groups -OCH3 is 3. The summed E-state index contributed by atoms with van der Waals surface area (Å²) in [5.41, 5.74) is 1.25. The van der Waals surface area contributed by atoms with Gasteiger partial charge < -0.3 is 48.6 Å². The molecule has 2 fully saturated rings. The molecule has 392 valence electrons. The van der Waals surface area contributed by atoms with Crippen LogP contribution in [0.5, 0.6) is 0 Å². The monoisotopic (exact) mass is 996 g/mol. The summed E-state index contributed by atoms with van der Waals surface area (Å²) in [6.07, 6.45) is 10.5. The van der Waals surface area contributed by atoms with E-state index in [0.29, 0.717) is 76.2 Å². The van der Waals surface area contributed by atoms with Gasteiger partial charge in [0.2, 0.25) is 5.78 Å². The van der Waals surface area contributed by atoms with Crippen molar-refractivity contribution in [2.75, 3.05) is 41.1 Å². The molecule has 0 aromatic carbocycles. The van der Waals surface area contributed by atoms with E-state index in [0.717, 1.165) is 5.57 Å². The maximum atomic E-state index is 14.3. The lowest BCUT2D eigenvalue weighted by Crippen LogP contribution is -2.52. The number of nitrogens with zero attached hydrogens (tertiary/aromatic N) is 1. The smallest absolute Gasteiger partial charge is 0.460 e. The van der Waals surface area contributed by atoms with Gasteiger partial charge in [-0.1, -0.05) is 64.2 Å². The van der Waals surface area contributed by atoms with E-state index in [9.17, 15) is 48.5 Å². The summed E-state index contributed by atoms with van der Waals surface area (Å²) in [7, 11) is -0.404. The number of phosphoric acid groups is 1. The first-order valence-corrected chi connectivity index (χ1v) is 26.2. The molecule has 4 N–H and O–H groups in total. The molecule has 0 bridgehead atoms. The van der Waals surface area contributed by atoms with Crippen molar-refractivity contribution in [2.45, 2.75) is 174 Å². The molecule has 1 unspecified atom stereocenters. The Morgan fingerprint density at radius 1 is 0.884 bits per heavy atom. The van der Waals surface area contributed by atoms with Crippen LogP contribution >= 0.6 is 7.82 Å². The number of hydrogen-bond donors (Lipinski definition) is 4. The molecule has 0 radical (unpaired) electrons. The number of esters is 1. The Bertz CT molecular complexity index is 1840. The molecule has 1 saturated heterocycles. The summed E-state index contributed by atoms with van der Waals surface area (Å²) in [4.78, 5) is 89.9. The second-order valence-electron chi connectivity index (χ2n) is 19.5. The lowest BCUT2D eigenvalue weighted by Gasteiger charge is -2.38. The van der Waals surface area contributed by atoms with Crippen LogP contribution in [0.2, 0.25) is 0 Å². The van der Waals surface area contributed by atoms with Crippen LogP contribution in [-0.4, -0.2) is 144 Å². The number of aliphatic hydroxyl groups excluding tert-OH is 2. The summed E-state index contributed by atoms with van der Waals surface area (Å²) < 4.78 is 46.0. The maximum Gasteiger partial charge on any atom is 0.469 e. The minimum absolute atomic E-state index is 0.0242. The highest BCUT2D eigenvalue weighted by Gasteiger charge is 2.41. The predicted octanol–water partition coefficient (Wildman–Crippen LogP) is 6.34. The molecule has 3 aliphatic rings. The molecular formula is C51H82NO16P. The summed E-state index contributed by atoms with van der Waals surface area (Å²) in [5.74, 6) is -4.81. The average molecular weight is 996 g/mol. The molecule has 1 aliphatic carbocycles. The molecule has 1 amide bonds. The van der Waals surface area contributed by atoms with Crippen LogP contribution in [0.3, 0.4) is 0 Å². The number of phosphoric ester groups is 1. The molecular weight excluding hydrogens is 914 g/mol. The topological polar surface area (TPSA) is 242 Å². The maximum absolute atomic E-state index is 14.3. The zero-order valence-electron chi connectivity index (χ0n) is 42.4. The molecule has 0 aromatic rings. The fourth-order valence-corrected chi connectivity index (χ4v) is 10.1. The van der Waals surface area contributed by atoms with Crippen molar-refractivity contribution in [3.05, 3.63) is 47.6 Å². The van der Waals surface area contributed by atoms with Crippen molar-refractivity contribution in [3.8, 4) is 0 Å². The molecule has 17 nitrogen and oxygen atoms in total. The highest BCUT2D eigenvalue weighted by atomic mass is 31.2. The van der Waals surface area contributed by atoms with Crippen molar-refractivity contribution in [1.29, 1.82) is 0 Å². The quantitative estimate of drug-likeness (QED) is 0.0722. The second-order valence-corrected chi connectivity index (χ2v) is 20.7. The first kappa shape index (κ1) is 60.1. The summed E-state index contributed by atoms with van der Waals surface area (Å²) in [6.45, 7) is 10.3. The standard InChI is InChI=1S/C51H82NO16P/c1-32(30-53)20-22-39-28-44(63-7)33(2)17-13-11-10-12-14-18-34(3)47(56)49(65-9)48(57)37(6)25-35(4)41(54)29-45(36(5)26-38-21-23-43(46(27-38)64-8)68-69(60,61)62)67-51(59)40-19-15-16-24-52(40)50(58)42(55)31-66-39/h10-13,17,25,32,34-36,38-40,43-46,48-49,53,57H,14-16,18-24,26-31H2,1-9H3,(H2,60,61,62)/b12-10+,13-11+,33-17+,37-25+/t32-,34-,35-,36-,38+,39+,40+,43?,44+,45+,46-,48-,49+/m1/s1. The number of fused-ring (bicyclic) bond motifs is 1. The number of ketones is 3. The minimum Gasteiger partial charge on any atom is -0.460 e. The van der Waals surface area contributed by atoms with Crippen LogP contribution in [0.1, 0.15) is 125 Å². The minimum atomic E-state index is -4.78. The van der Waals surface area contributed by atoms with Gasteiger partial charge in [-0.2, -0.15) is 0 Å². The lowest BCUT2D eigenvalue weighted by atomic mass is 9.78. The molecule has 0 aromatic heterocycles. The Balaban J connectivity index is 2.00. The number of ether oxygens (including phenoxy) is 5. The number of Topliss-reactive ketones (excluding diaryl/α,β-unsaturated/α-hetero) is 3. The number of carbonyl (C=O) groups excluding carboxylic acids is 5. The molecule has 69 heavy (non-hydrogen) atoms. The Hall–Kier alpha value is -3.22. The van der Waals surface area contributed by atoms with Gasteiger partial charge in [0.1, 0.15) is 36.7 Å². The van der Waals surface area contributed by atoms with E-state index in [1.54, 1.807) is 34.0 Å². The summed E-state index contributed by atoms with van der Waals surface area (Å²) >= 11 is 0. The zero-order chi connectivity index (χ0) is 51.4. The fraction of sp³-hybridized carbons (Fsp3) is 0.745. The number of cyclic esters (lactones) is 1. The molecule has 2 aliphatic heterocycles. The number of allylic oxidation sites excluding steroid dienone is 6. The van der Waals surface area contributed by atoms with E-state index in [2.05, 4.69) is 0 Å². The van der Waals surface area contributed by atoms with E-state index in [4.69, 9.17) is 28.2 Å². The largest absolute Gasteiger partial charge is 0.469 e. The number of aliphatic hydroxyl groups is 2. The lowest BCUT2D eigenvalue weighted by molar-refractivity contribution is -0.166. The van der Waals surface area contributed by atoms with Crippen molar-refractivity contribution < 1.29 is 76.7 Å². The van der Waals surface area contributed by atoms with Gasteiger partial charge in [-0.25, -0.2) is 9.36 Å². The fourth-order valence-electron chi connectivity index (χ4n) is 9.51. The first-order chi connectivity index (χ1) is 32.6. The van der Waals surface area contributed by atoms with E-state index < -0.39 is 98.6 Å². The average Bonchev–Trinajstić information content (AvgIpc) is 3.32. The van der Waals surface area contributed by atoms with Gasteiger partial charge in [0.15, 0.2) is 5.78 Å². The van der Waals surface area contributed by atoms with E-state index in [1.165, 1.54) is 19.1 Å². The normalized spacial score (nSPS) is 34.4. The van der Waals surface area contributed by atoms with Gasteiger partial charge in [-0.3, -0.25) is 23.7 Å². The molecule has 18 heteroatoms. The van der Waals surface area contributed by atoms with Crippen LogP contribution in [0.25, 0.3) is 0 Å². The van der Waals surface area contributed by atoms with Crippen LogP contribution in [0, 0.1) is 29.6 Å². The van der Waals surface area contributed by atoms with Gasteiger partial charge in [-0.05, 0) is 113 Å². The number of carbonyl (C=O) groups is 5. The second kappa shape index (κ2) is 30.0. The summed E-state index contributed by atoms with van der Waals surface area (Å²) in [5, 5.41) is 21.1. The Morgan fingerprint density at radius 3 is 2.26 bits per heavy atom. The predicted molar refractivity (Wildman–Crippen MR) is 259 cm³/mol. The third-order valence-corrected chi connectivity index (χ3v) is 14.5. The van der Waals surface area contributed by atoms with Gasteiger partial charge in [0.25, 0.3) is 5.91 Å². The van der Waals surface area contributed by atoms with Crippen molar-refractivity contribution in [3.63, 3.8) is 0 Å². The third-order valence-electron chi connectivity index (χ3n) is 14.0. The molecule has 1 saturated carbocycles. The van der Waals surface area contributed by atoms with Gasteiger partial charge >= 0.3 is 13.8 Å². The number of hydrogen-bond acceptors (Lipinski definition) is 14. The SMILES string of the molecule is CO[C@H]1C[C@H](CC[C@@H](C)CO)OCC(=O)C(=O)N2CCCC[C@H]2C(=O)O[C@H]([C@H](C)C[C@@H]2CCC(OP(=O)(O)O)[C@H](OC)C2)CC(=O)[C@H](C)/C=C(\C)[C@@H](O)[C@@H](OC)C(=O)[C@H](C)CC/C=C/C=C/C=C/1C. The van der Waals surface area contributed by atoms with Crippen LogP contribution < -0.4 is 0 Å². The number of piperidine rings is 1. The highest BCUT2D eigenvalue weighted by Crippen LogP contribution is 2.43. The van der Waals surface area contributed by atoms with Crippen molar-refractivity contribution >= 4 is 37.0 Å². The third kappa shape index (κ3) is 19.7. The molecule has 3 rings (SSSR count). The number of rotatable bonds is 12. The Labute approximate surface area is 409 Å². The highest BCUT2D eigenvalue weighted by molar-refractivity contribution is 7.46. The van der Waals surface area contributed by atoms with Crippen LogP contribution in [0.15, 0.2) is 47.6 Å². The van der Waals surface area contributed by atoms with Crippen molar-refractivity contribution in [2.24, 2.45) is 29.6 Å². The molecule has 13 atom stereocenters. The Kier molecular flexibility index (Phi) is 26.1. The molecule has 0 spiro atoms. The first-order valence-electron chi connectivity index (χ1n) is 24.7.